The van der Waals surface area contributed by atoms with Gasteiger partial charge in [-0.2, -0.15) is 0 Å². The third kappa shape index (κ3) is 2.73. The summed E-state index contributed by atoms with van der Waals surface area (Å²) in [5.41, 5.74) is 0.539. The molecule has 0 unspecified atom stereocenters. The van der Waals surface area contributed by atoms with Crippen LogP contribution in [0.5, 0.6) is 0 Å². The van der Waals surface area contributed by atoms with Gasteiger partial charge in [-0.05, 0) is 43.6 Å². The summed E-state index contributed by atoms with van der Waals surface area (Å²) in [6, 6.07) is 0.0506. The number of rotatable bonds is 4. The number of carbonyl (C=O) groups excluding carboxylic acids is 3. The first-order valence-corrected chi connectivity index (χ1v) is 8.92. The van der Waals surface area contributed by atoms with E-state index in [0.717, 1.165) is 25.7 Å². The van der Waals surface area contributed by atoms with E-state index in [1.807, 2.05) is 11.0 Å². The number of ether oxygens (including phenoxy) is 1. The van der Waals surface area contributed by atoms with Gasteiger partial charge in [-0.3, -0.25) is 14.4 Å². The number of nitrogens with zero attached hydrogens (tertiary/aromatic N) is 1. The molecule has 0 spiro atoms. The monoisotopic (exact) mass is 333 g/mol. The van der Waals surface area contributed by atoms with Crippen molar-refractivity contribution in [3.8, 4) is 0 Å². The van der Waals surface area contributed by atoms with Gasteiger partial charge >= 0.3 is 0 Å². The molecule has 5 nitrogen and oxygen atoms in total. The molecule has 1 heterocycles. The van der Waals surface area contributed by atoms with Crippen molar-refractivity contribution < 1.29 is 19.1 Å². The maximum Gasteiger partial charge on any atom is 0.234 e. The second-order valence-electron chi connectivity index (χ2n) is 7.78. The van der Waals surface area contributed by atoms with Crippen LogP contribution in [0.3, 0.4) is 0 Å². The number of amides is 1. The number of allylic oxidation sites excluding steroid dienone is 2. The molecule has 0 radical (unpaired) electrons. The highest BCUT2D eigenvalue weighted by atomic mass is 16.5. The summed E-state index contributed by atoms with van der Waals surface area (Å²) >= 11 is 0. The van der Waals surface area contributed by atoms with Crippen molar-refractivity contribution in [2.45, 2.75) is 52.0 Å². The highest BCUT2D eigenvalue weighted by molar-refractivity contribution is 6.05. The number of ketones is 2. The van der Waals surface area contributed by atoms with Gasteiger partial charge in [0.1, 0.15) is 11.7 Å². The average Bonchev–Trinajstić information content (AvgIpc) is 3.12. The minimum absolute atomic E-state index is 0.000378. The van der Waals surface area contributed by atoms with Gasteiger partial charge in [0.05, 0.1) is 12.6 Å². The zero-order valence-corrected chi connectivity index (χ0v) is 14.8. The molecule has 2 fully saturated rings. The molecule has 132 valence electrons. The Morgan fingerprint density at radius 2 is 2.17 bits per heavy atom. The summed E-state index contributed by atoms with van der Waals surface area (Å²) in [7, 11) is 1.64. The van der Waals surface area contributed by atoms with Crippen LogP contribution in [0.25, 0.3) is 0 Å². The van der Waals surface area contributed by atoms with Gasteiger partial charge in [0.2, 0.25) is 5.91 Å². The summed E-state index contributed by atoms with van der Waals surface area (Å²) in [4.78, 5) is 39.9. The van der Waals surface area contributed by atoms with Crippen LogP contribution < -0.4 is 0 Å². The van der Waals surface area contributed by atoms with Gasteiger partial charge in [-0.1, -0.05) is 13.0 Å². The number of Topliss-reactive ketones (excluding diaryl/α,β-unsaturated/α-hetero) is 2. The Kier molecular flexibility index (Phi) is 4.65. The van der Waals surface area contributed by atoms with Gasteiger partial charge in [0.25, 0.3) is 0 Å². The van der Waals surface area contributed by atoms with E-state index in [1.54, 1.807) is 14.0 Å². The fourth-order valence-electron chi connectivity index (χ4n) is 4.88. The lowest BCUT2D eigenvalue weighted by molar-refractivity contribution is -0.149. The molecule has 0 bridgehead atoms. The smallest absolute Gasteiger partial charge is 0.234 e. The highest BCUT2D eigenvalue weighted by Crippen LogP contribution is 2.54. The second kappa shape index (κ2) is 6.43. The number of fused-ring (bicyclic) bond motifs is 1. The van der Waals surface area contributed by atoms with E-state index in [1.165, 1.54) is 0 Å². The first kappa shape index (κ1) is 17.3. The molecule has 1 saturated heterocycles. The predicted octanol–water partition coefficient (Wildman–Crippen LogP) is 2.14. The SMILES string of the molecule is COC[C@@H]1CCCN1C(=O)[C@H]1C(=O)CC[C@]2(C)CC=C(C(C)=O)[C@H]12. The second-order valence-corrected chi connectivity index (χ2v) is 7.78. The van der Waals surface area contributed by atoms with Gasteiger partial charge in [0.15, 0.2) is 5.78 Å². The van der Waals surface area contributed by atoms with Crippen molar-refractivity contribution in [2.75, 3.05) is 20.3 Å². The standard InChI is InChI=1S/C19H27NO4/c1-12(21)14-6-8-19(2)9-7-15(22)16(17(14)19)18(23)20-10-4-5-13(20)11-24-3/h6,13,16-17H,4-5,7-11H2,1-3H3/t13-,16-,17+,19-/m0/s1. The van der Waals surface area contributed by atoms with Crippen LogP contribution in [0, 0.1) is 17.3 Å². The summed E-state index contributed by atoms with van der Waals surface area (Å²) in [5.74, 6) is -1.05. The molecule has 0 aromatic rings. The van der Waals surface area contributed by atoms with Crippen LogP contribution in [-0.2, 0) is 19.1 Å². The molecule has 0 aromatic heterocycles. The maximum absolute atomic E-state index is 13.3. The summed E-state index contributed by atoms with van der Waals surface area (Å²) in [6.07, 6.45) is 5.80. The van der Waals surface area contributed by atoms with Crippen LogP contribution in [0.1, 0.15) is 46.0 Å². The van der Waals surface area contributed by atoms with Crippen molar-refractivity contribution in [1.29, 1.82) is 0 Å². The molecule has 0 aromatic carbocycles. The van der Waals surface area contributed by atoms with E-state index in [9.17, 15) is 14.4 Å². The Bertz CT molecular complexity index is 596. The first-order chi connectivity index (χ1) is 11.4. The Hall–Kier alpha value is -1.49. The number of hydrogen-bond donors (Lipinski definition) is 0. The van der Waals surface area contributed by atoms with Crippen molar-refractivity contribution in [2.24, 2.45) is 17.3 Å². The summed E-state index contributed by atoms with van der Waals surface area (Å²) < 4.78 is 5.24. The van der Waals surface area contributed by atoms with Crippen molar-refractivity contribution >= 4 is 17.5 Å². The third-order valence-electron chi connectivity index (χ3n) is 6.19. The lowest BCUT2D eigenvalue weighted by atomic mass is 9.61. The van der Waals surface area contributed by atoms with E-state index < -0.39 is 5.92 Å². The van der Waals surface area contributed by atoms with Gasteiger partial charge in [-0.25, -0.2) is 0 Å². The van der Waals surface area contributed by atoms with E-state index in [2.05, 4.69) is 6.92 Å². The van der Waals surface area contributed by atoms with Gasteiger partial charge in [0, 0.05) is 26.0 Å². The Morgan fingerprint density at radius 1 is 1.42 bits per heavy atom. The van der Waals surface area contributed by atoms with Crippen LogP contribution >= 0.6 is 0 Å². The Balaban J connectivity index is 1.91. The minimum atomic E-state index is -0.696. The van der Waals surface area contributed by atoms with Crippen molar-refractivity contribution in [1.82, 2.24) is 4.90 Å². The molecular weight excluding hydrogens is 306 g/mol. The predicted molar refractivity (Wildman–Crippen MR) is 89.3 cm³/mol. The van der Waals surface area contributed by atoms with Gasteiger partial charge in [-0.15, -0.1) is 0 Å². The third-order valence-corrected chi connectivity index (χ3v) is 6.19. The number of carbonyl (C=O) groups is 3. The van der Waals surface area contributed by atoms with E-state index in [4.69, 9.17) is 4.74 Å². The molecule has 3 rings (SSSR count). The number of methoxy groups -OCH3 is 1. The quantitative estimate of drug-likeness (QED) is 0.740. The summed E-state index contributed by atoms with van der Waals surface area (Å²) in [6.45, 7) is 4.85. The maximum atomic E-state index is 13.3. The number of hydrogen-bond acceptors (Lipinski definition) is 4. The van der Waals surface area contributed by atoms with Crippen molar-refractivity contribution in [3.05, 3.63) is 11.6 Å². The van der Waals surface area contributed by atoms with Crippen LogP contribution in [0.2, 0.25) is 0 Å². The van der Waals surface area contributed by atoms with Gasteiger partial charge < -0.3 is 9.64 Å². The molecule has 4 atom stereocenters. The fourth-order valence-corrected chi connectivity index (χ4v) is 4.88. The Labute approximate surface area is 143 Å². The molecule has 2 aliphatic carbocycles. The lowest BCUT2D eigenvalue weighted by Crippen LogP contribution is -2.51. The van der Waals surface area contributed by atoms with Crippen LogP contribution in [0.4, 0.5) is 0 Å². The summed E-state index contributed by atoms with van der Waals surface area (Å²) in [5, 5.41) is 0. The minimum Gasteiger partial charge on any atom is -0.383 e. The topological polar surface area (TPSA) is 63.7 Å². The number of likely N-dealkylation sites (tertiary alicyclic amines) is 1. The molecule has 1 aliphatic heterocycles. The zero-order chi connectivity index (χ0) is 17.5. The van der Waals surface area contributed by atoms with Crippen molar-refractivity contribution in [3.63, 3.8) is 0 Å². The molecule has 0 N–H and O–H groups in total. The highest BCUT2D eigenvalue weighted by Gasteiger charge is 2.54. The molecular formula is C19H27NO4. The van der Waals surface area contributed by atoms with Crippen LogP contribution in [0.15, 0.2) is 11.6 Å². The van der Waals surface area contributed by atoms with E-state index in [-0.39, 0.29) is 34.8 Å². The molecule has 5 heteroatoms. The molecule has 24 heavy (non-hydrogen) atoms. The fraction of sp³-hybridized carbons (Fsp3) is 0.737. The first-order valence-electron chi connectivity index (χ1n) is 8.92. The molecule has 1 saturated carbocycles. The normalized spacial score (nSPS) is 35.8. The van der Waals surface area contributed by atoms with E-state index >= 15 is 0 Å². The lowest BCUT2D eigenvalue weighted by Gasteiger charge is -2.43. The van der Waals surface area contributed by atoms with Crippen LogP contribution in [-0.4, -0.2) is 48.7 Å². The molecule has 3 aliphatic rings. The van der Waals surface area contributed by atoms with E-state index in [0.29, 0.717) is 25.1 Å². The zero-order valence-electron chi connectivity index (χ0n) is 14.8. The average molecular weight is 333 g/mol. The largest absolute Gasteiger partial charge is 0.383 e. The molecule has 1 amide bonds. The Morgan fingerprint density at radius 3 is 2.83 bits per heavy atom.